The van der Waals surface area contributed by atoms with Crippen LogP contribution in [0, 0.1) is 15.5 Å². The molecule has 0 heterocycles. The molecule has 0 unspecified atom stereocenters. The number of thioether (sulfide) groups is 1. The molecule has 1 rings (SSSR count). The Bertz CT molecular complexity index is 453. The van der Waals surface area contributed by atoms with Crippen LogP contribution in [0.4, 0.5) is 5.69 Å². The van der Waals surface area contributed by atoms with Gasteiger partial charge in [0.1, 0.15) is 0 Å². The molecule has 0 saturated carbocycles. The van der Waals surface area contributed by atoms with E-state index in [0.717, 1.165) is 11.8 Å². The maximum Gasteiger partial charge on any atom is 0.270 e. The van der Waals surface area contributed by atoms with Gasteiger partial charge < -0.3 is 5.73 Å². The fourth-order valence-electron chi connectivity index (χ4n) is 1.02. The highest BCUT2D eigenvalue weighted by atomic mass is 79.9. The molecule has 1 aromatic carbocycles. The summed E-state index contributed by atoms with van der Waals surface area (Å²) in [5, 5.41) is 17.3. The number of benzene rings is 1. The largest absolute Gasteiger partial charge is 0.379 e. The SMILES string of the molecule is Br.N=C(N)SCC(=O)c1cccc([N+](=O)[O-])c1. The molecule has 0 radical (unpaired) electrons. The summed E-state index contributed by atoms with van der Waals surface area (Å²) in [7, 11) is 0. The van der Waals surface area contributed by atoms with Crippen molar-refractivity contribution in [1.82, 2.24) is 0 Å². The monoisotopic (exact) mass is 319 g/mol. The van der Waals surface area contributed by atoms with E-state index < -0.39 is 4.92 Å². The highest BCUT2D eigenvalue weighted by Gasteiger charge is 2.11. The first kappa shape index (κ1) is 15.6. The molecule has 0 aliphatic rings. The summed E-state index contributed by atoms with van der Waals surface area (Å²) in [6.45, 7) is 0. The molecule has 0 aliphatic heterocycles. The van der Waals surface area contributed by atoms with Crippen LogP contribution >= 0.6 is 28.7 Å². The molecule has 0 amide bonds. The zero-order chi connectivity index (χ0) is 12.1. The summed E-state index contributed by atoms with van der Waals surface area (Å²) in [6.07, 6.45) is 0. The van der Waals surface area contributed by atoms with Gasteiger partial charge in [0.2, 0.25) is 0 Å². The number of ketones is 1. The first-order valence-electron chi connectivity index (χ1n) is 4.25. The molecule has 8 heteroatoms. The average molecular weight is 320 g/mol. The lowest BCUT2D eigenvalue weighted by molar-refractivity contribution is -0.384. The number of amidine groups is 1. The molecule has 0 bridgehead atoms. The molecule has 3 N–H and O–H groups in total. The van der Waals surface area contributed by atoms with E-state index in [9.17, 15) is 14.9 Å². The van der Waals surface area contributed by atoms with Gasteiger partial charge in [-0.25, -0.2) is 0 Å². The van der Waals surface area contributed by atoms with Crippen LogP contribution in [0.2, 0.25) is 0 Å². The number of nitro benzene ring substituents is 1. The summed E-state index contributed by atoms with van der Waals surface area (Å²) >= 11 is 0.890. The van der Waals surface area contributed by atoms with Gasteiger partial charge in [-0.1, -0.05) is 23.9 Å². The Morgan fingerprint density at radius 2 is 2.18 bits per heavy atom. The number of nitro groups is 1. The van der Waals surface area contributed by atoms with Crippen molar-refractivity contribution < 1.29 is 9.72 Å². The Balaban J connectivity index is 0.00000256. The lowest BCUT2D eigenvalue weighted by Crippen LogP contribution is -2.10. The number of hydrogen-bond donors (Lipinski definition) is 2. The molecule has 6 nitrogen and oxygen atoms in total. The predicted octanol–water partition coefficient (Wildman–Crippen LogP) is 1.98. The standard InChI is InChI=1S/C9H9N3O3S.BrH/c10-9(11)16-5-8(13)6-2-1-3-7(4-6)12(14)15;/h1-4H,5H2,(H3,10,11);1H. The fraction of sp³-hybridized carbons (Fsp3) is 0.111. The first-order valence-corrected chi connectivity index (χ1v) is 5.23. The molecule has 1 aromatic rings. The minimum atomic E-state index is -0.561. The molecule has 0 aromatic heterocycles. The highest BCUT2D eigenvalue weighted by Crippen LogP contribution is 2.15. The maximum atomic E-state index is 11.5. The van der Waals surface area contributed by atoms with Crippen LogP contribution in [-0.4, -0.2) is 21.6 Å². The Kier molecular flexibility index (Phi) is 6.44. The predicted molar refractivity (Wildman–Crippen MR) is 72.1 cm³/mol. The number of carbonyl (C=O) groups excluding carboxylic acids is 1. The summed E-state index contributed by atoms with van der Waals surface area (Å²) in [5.74, 6) is -0.278. The van der Waals surface area contributed by atoms with E-state index in [0.29, 0.717) is 0 Å². The van der Waals surface area contributed by atoms with Crippen molar-refractivity contribution in [1.29, 1.82) is 5.41 Å². The fourth-order valence-corrected chi connectivity index (χ4v) is 1.47. The molecule has 92 valence electrons. The topological polar surface area (TPSA) is 110 Å². The van der Waals surface area contributed by atoms with Crippen molar-refractivity contribution >= 4 is 45.4 Å². The van der Waals surface area contributed by atoms with E-state index in [1.807, 2.05) is 0 Å². The minimum Gasteiger partial charge on any atom is -0.379 e. The first-order chi connectivity index (χ1) is 7.50. The Hall–Kier alpha value is -1.41. The number of carbonyl (C=O) groups is 1. The van der Waals surface area contributed by atoms with E-state index in [1.165, 1.54) is 24.3 Å². The van der Waals surface area contributed by atoms with Gasteiger partial charge in [-0.2, -0.15) is 0 Å². The molecule has 0 aliphatic carbocycles. The van der Waals surface area contributed by atoms with Crippen LogP contribution < -0.4 is 5.73 Å². The molecule has 0 fully saturated rings. The summed E-state index contributed by atoms with van der Waals surface area (Å²) in [5.41, 5.74) is 5.21. The van der Waals surface area contributed by atoms with Crippen LogP contribution in [-0.2, 0) is 0 Å². The Morgan fingerprint density at radius 3 is 2.71 bits per heavy atom. The van der Waals surface area contributed by atoms with E-state index in [-0.39, 0.29) is 44.9 Å². The zero-order valence-corrected chi connectivity index (χ0v) is 11.1. The number of nitrogens with one attached hydrogen (secondary N) is 1. The number of hydrogen-bond acceptors (Lipinski definition) is 5. The lowest BCUT2D eigenvalue weighted by atomic mass is 10.1. The number of halogens is 1. The summed E-state index contributed by atoms with van der Waals surface area (Å²) < 4.78 is 0. The molecule has 17 heavy (non-hydrogen) atoms. The van der Waals surface area contributed by atoms with Gasteiger partial charge in [-0.15, -0.1) is 17.0 Å². The van der Waals surface area contributed by atoms with Gasteiger partial charge in [0.05, 0.1) is 10.7 Å². The molecular weight excluding hydrogens is 310 g/mol. The number of nitrogens with zero attached hydrogens (tertiary/aromatic N) is 1. The van der Waals surface area contributed by atoms with Gasteiger partial charge in [0, 0.05) is 17.7 Å². The van der Waals surface area contributed by atoms with Crippen LogP contribution in [0.1, 0.15) is 10.4 Å². The average Bonchev–Trinajstić information content (AvgIpc) is 2.26. The molecule has 0 saturated heterocycles. The third-order valence-electron chi connectivity index (χ3n) is 1.74. The number of nitrogens with two attached hydrogens (primary N) is 1. The smallest absolute Gasteiger partial charge is 0.270 e. The second-order valence-corrected chi connectivity index (χ2v) is 3.90. The van der Waals surface area contributed by atoms with Gasteiger partial charge in [-0.3, -0.25) is 20.3 Å². The number of non-ortho nitro benzene ring substituents is 1. The highest BCUT2D eigenvalue weighted by molar-refractivity contribution is 8.93. The molecular formula is C9H10BrN3O3S. The van der Waals surface area contributed by atoms with Crippen molar-refractivity contribution in [2.75, 3.05) is 5.75 Å². The zero-order valence-electron chi connectivity index (χ0n) is 8.58. The van der Waals surface area contributed by atoms with Gasteiger partial charge >= 0.3 is 0 Å². The normalized spacial score (nSPS) is 9.18. The van der Waals surface area contributed by atoms with Crippen molar-refractivity contribution in [2.45, 2.75) is 0 Å². The van der Waals surface area contributed by atoms with E-state index in [4.69, 9.17) is 11.1 Å². The van der Waals surface area contributed by atoms with Crippen molar-refractivity contribution in [2.24, 2.45) is 5.73 Å². The minimum absolute atomic E-state index is 0. The van der Waals surface area contributed by atoms with Crippen LogP contribution in [0.25, 0.3) is 0 Å². The third-order valence-corrected chi connectivity index (χ3v) is 2.46. The van der Waals surface area contributed by atoms with E-state index >= 15 is 0 Å². The summed E-state index contributed by atoms with van der Waals surface area (Å²) in [4.78, 5) is 21.4. The van der Waals surface area contributed by atoms with E-state index in [1.54, 1.807) is 0 Å². The quantitative estimate of drug-likeness (QED) is 0.290. The lowest BCUT2D eigenvalue weighted by Gasteiger charge is -1.99. The van der Waals surface area contributed by atoms with Gasteiger partial charge in [-0.05, 0) is 0 Å². The Labute approximate surface area is 112 Å². The number of Topliss-reactive ketones (excluding diaryl/α,β-unsaturated/α-hetero) is 1. The third kappa shape index (κ3) is 4.96. The van der Waals surface area contributed by atoms with E-state index in [2.05, 4.69) is 0 Å². The van der Waals surface area contributed by atoms with Crippen molar-refractivity contribution in [3.63, 3.8) is 0 Å². The second kappa shape index (κ2) is 7.02. The van der Waals surface area contributed by atoms with Crippen molar-refractivity contribution in [3.8, 4) is 0 Å². The molecule has 0 spiro atoms. The summed E-state index contributed by atoms with van der Waals surface area (Å²) in [6, 6.07) is 5.47. The number of rotatable bonds is 4. The van der Waals surface area contributed by atoms with Crippen LogP contribution in [0.15, 0.2) is 24.3 Å². The second-order valence-electron chi connectivity index (χ2n) is 2.88. The van der Waals surface area contributed by atoms with Gasteiger partial charge in [0.15, 0.2) is 11.0 Å². The molecule has 0 atom stereocenters. The maximum absolute atomic E-state index is 11.5. The van der Waals surface area contributed by atoms with Crippen LogP contribution in [0.5, 0.6) is 0 Å². The van der Waals surface area contributed by atoms with Crippen molar-refractivity contribution in [3.05, 3.63) is 39.9 Å². The Morgan fingerprint density at radius 1 is 1.53 bits per heavy atom. The van der Waals surface area contributed by atoms with Gasteiger partial charge in [0.25, 0.3) is 5.69 Å². The van der Waals surface area contributed by atoms with Crippen LogP contribution in [0.3, 0.4) is 0 Å².